The summed E-state index contributed by atoms with van der Waals surface area (Å²) in [6.07, 6.45) is -1.37. The van der Waals surface area contributed by atoms with Crippen LogP contribution in [0.4, 0.5) is 8.68 Å². The monoisotopic (exact) mass is 177 g/mol. The van der Waals surface area contributed by atoms with Gasteiger partial charge in [0.2, 0.25) is 6.09 Å². The zero-order valence-electron chi connectivity index (χ0n) is 5.83. The second-order valence-corrected chi connectivity index (χ2v) is 2.86. The molecule has 1 N–H and O–H groups in total. The Labute approximate surface area is 75.5 Å². The zero-order chi connectivity index (χ0) is 8.20. The summed E-state index contributed by atoms with van der Waals surface area (Å²) in [5, 5.41) is 0. The molecule has 0 aliphatic rings. The van der Waals surface area contributed by atoms with Crippen LogP contribution in [-0.2, 0) is 15.0 Å². The molecule has 0 rings (SSSR count). The van der Waals surface area contributed by atoms with Crippen LogP contribution in [0, 0.1) is 0 Å². The van der Waals surface area contributed by atoms with Crippen molar-refractivity contribution in [1.29, 1.82) is 0 Å². The van der Waals surface area contributed by atoms with Crippen LogP contribution in [0.5, 0.6) is 0 Å². The Morgan fingerprint density at radius 1 is 1.55 bits per heavy atom. The summed E-state index contributed by atoms with van der Waals surface area (Å²) in [5.41, 5.74) is 6.11. The van der Waals surface area contributed by atoms with Gasteiger partial charge in [0.1, 0.15) is 12.4 Å². The van der Waals surface area contributed by atoms with E-state index < -0.39 is 28.7 Å². The van der Waals surface area contributed by atoms with Gasteiger partial charge in [-0.15, -0.1) is 3.89 Å². The van der Waals surface area contributed by atoms with Gasteiger partial charge in [0.05, 0.1) is 0 Å². The van der Waals surface area contributed by atoms with Crippen LogP contribution in [-0.4, -0.2) is 26.9 Å². The predicted molar refractivity (Wildman–Crippen MR) is 30.6 cm³/mol. The molecule has 0 fully saturated rings. The Bertz CT molecular complexity index is 215. The Morgan fingerprint density at radius 2 is 2.00 bits per heavy atom. The molecule has 5 nitrogen and oxygen atoms in total. The molecule has 11 heavy (non-hydrogen) atoms. The molecule has 0 saturated carbocycles. The van der Waals surface area contributed by atoms with Crippen molar-refractivity contribution in [2.24, 2.45) is 0 Å². The summed E-state index contributed by atoms with van der Waals surface area (Å²) in [6.45, 7) is -0.610. The number of amides is 1. The molecule has 0 aromatic carbocycles. The molecule has 60 valence electrons. The predicted octanol–water partition coefficient (Wildman–Crippen LogP) is -2.52. The van der Waals surface area contributed by atoms with Crippen LogP contribution < -0.4 is 18.9 Å². The minimum atomic E-state index is -4.58. The van der Waals surface area contributed by atoms with Crippen molar-refractivity contribution in [2.45, 2.75) is 0 Å². The molecule has 0 atom stereocenters. The van der Waals surface area contributed by atoms with E-state index in [4.69, 9.17) is 5.73 Å². The van der Waals surface area contributed by atoms with Crippen LogP contribution in [0.15, 0.2) is 0 Å². The van der Waals surface area contributed by atoms with E-state index in [9.17, 15) is 17.1 Å². The van der Waals surface area contributed by atoms with Crippen LogP contribution in [0.1, 0.15) is 0 Å². The first kappa shape index (κ1) is 13.3. The number of rotatable bonds is 3. The van der Waals surface area contributed by atoms with Crippen molar-refractivity contribution >= 4 is 16.3 Å². The van der Waals surface area contributed by atoms with Gasteiger partial charge < -0.3 is 10.5 Å². The smallest absolute Gasteiger partial charge is 0.632 e. The van der Waals surface area contributed by atoms with E-state index in [1.165, 1.54) is 0 Å². The van der Waals surface area contributed by atoms with Gasteiger partial charge in [-0.2, -0.15) is 8.42 Å². The molecule has 8 heteroatoms. The number of nitrogens with one attached hydrogen (secondary N) is 1. The van der Waals surface area contributed by atoms with Crippen molar-refractivity contribution in [3.8, 4) is 0 Å². The van der Waals surface area contributed by atoms with Crippen molar-refractivity contribution < 1.29 is 40.7 Å². The number of hydrogen-bond acceptors (Lipinski definition) is 4. The van der Waals surface area contributed by atoms with Gasteiger partial charge in [-0.3, -0.25) is 4.79 Å². The van der Waals surface area contributed by atoms with Crippen molar-refractivity contribution in [3.05, 3.63) is 5.73 Å². The first-order valence-corrected chi connectivity index (χ1v) is 3.78. The van der Waals surface area contributed by atoms with Crippen molar-refractivity contribution in [2.75, 3.05) is 12.4 Å². The molecule has 0 saturated heterocycles. The van der Waals surface area contributed by atoms with Gasteiger partial charge in [-0.05, 0) is 0 Å². The fourth-order valence-corrected chi connectivity index (χ4v) is 0.516. The number of halogens is 1. The molecule has 0 aliphatic heterocycles. The summed E-state index contributed by atoms with van der Waals surface area (Å²) in [5.74, 6) is -0.891. The third-order valence-electron chi connectivity index (χ3n) is 0.560. The number of carbonyl (C=O) groups is 1. The second-order valence-electron chi connectivity index (χ2n) is 1.38. The molecule has 0 aliphatic carbocycles. The molecule has 0 spiro atoms. The average molecular weight is 177 g/mol. The minimum Gasteiger partial charge on any atom is -0.632 e. The molecule has 0 aromatic heterocycles. The van der Waals surface area contributed by atoms with E-state index in [1.807, 2.05) is 0 Å². The molecule has 0 unspecified atom stereocenters. The zero-order valence-corrected chi connectivity index (χ0v) is 6.65. The standard InChI is InChI=1S/C3H6FNO4S.Li/c4-10(7,8)2-1-9-3(5)6;/h1-2H2,(H2,5,6);/q;+1/p-1. The van der Waals surface area contributed by atoms with Gasteiger partial charge in [-0.1, -0.05) is 0 Å². The van der Waals surface area contributed by atoms with Crippen molar-refractivity contribution in [1.82, 2.24) is 0 Å². The third kappa shape index (κ3) is 12.9. The van der Waals surface area contributed by atoms with Crippen LogP contribution in [0.25, 0.3) is 5.73 Å². The van der Waals surface area contributed by atoms with Gasteiger partial charge in [0, 0.05) is 0 Å². The molecular weight excluding hydrogens is 172 g/mol. The molecule has 0 bridgehead atoms. The van der Waals surface area contributed by atoms with E-state index in [1.54, 1.807) is 0 Å². The van der Waals surface area contributed by atoms with Gasteiger partial charge in [0.25, 0.3) is 0 Å². The van der Waals surface area contributed by atoms with Crippen LogP contribution >= 0.6 is 0 Å². The van der Waals surface area contributed by atoms with E-state index in [2.05, 4.69) is 4.74 Å². The Kier molecular flexibility index (Phi) is 6.56. The Balaban J connectivity index is 0. The maximum atomic E-state index is 11.6. The first-order chi connectivity index (χ1) is 4.42. The second kappa shape index (κ2) is 5.40. The van der Waals surface area contributed by atoms with Crippen molar-refractivity contribution in [3.63, 3.8) is 0 Å². The molecular formula is C3H5FLiNO4S. The van der Waals surface area contributed by atoms with Gasteiger partial charge >= 0.3 is 29.1 Å². The third-order valence-corrected chi connectivity index (χ3v) is 1.21. The quantitative estimate of drug-likeness (QED) is 0.351. The average Bonchev–Trinajstić information content (AvgIpc) is 1.59. The fourth-order valence-electron chi connectivity index (χ4n) is 0.234. The van der Waals surface area contributed by atoms with E-state index >= 15 is 0 Å². The summed E-state index contributed by atoms with van der Waals surface area (Å²) in [6, 6.07) is 0. The Morgan fingerprint density at radius 3 is 2.27 bits per heavy atom. The van der Waals surface area contributed by atoms with E-state index in [0.29, 0.717) is 0 Å². The first-order valence-electron chi connectivity index (χ1n) is 2.22. The Hall–Kier alpha value is -0.253. The summed E-state index contributed by atoms with van der Waals surface area (Å²) < 4.78 is 34.8. The minimum absolute atomic E-state index is 0. The summed E-state index contributed by atoms with van der Waals surface area (Å²) in [7, 11) is -4.58. The maximum absolute atomic E-state index is 11.6. The van der Waals surface area contributed by atoms with Crippen LogP contribution in [0.3, 0.4) is 0 Å². The summed E-state index contributed by atoms with van der Waals surface area (Å²) >= 11 is 0. The molecule has 0 heterocycles. The van der Waals surface area contributed by atoms with Crippen LogP contribution in [0.2, 0.25) is 0 Å². The largest absolute Gasteiger partial charge is 1.00 e. The van der Waals surface area contributed by atoms with Gasteiger partial charge in [-0.25, -0.2) is 0 Å². The SMILES string of the molecule is [Li+].[NH-]C(=O)OCCS(=O)(=O)F. The maximum Gasteiger partial charge on any atom is 1.00 e. The number of hydrogen-bond donors (Lipinski definition) is 0. The number of carbonyl (C=O) groups excluding carboxylic acids is 1. The fraction of sp³-hybridized carbons (Fsp3) is 0.667. The van der Waals surface area contributed by atoms with E-state index in [0.717, 1.165) is 0 Å². The molecule has 0 radical (unpaired) electrons. The van der Waals surface area contributed by atoms with E-state index in [-0.39, 0.29) is 18.9 Å². The number of ether oxygens (including phenoxy) is 1. The normalized spacial score (nSPS) is 9.91. The molecule has 0 aromatic rings. The summed E-state index contributed by atoms with van der Waals surface area (Å²) in [4.78, 5) is 9.66. The molecule has 1 amide bonds. The topological polar surface area (TPSA) is 84.2 Å². The van der Waals surface area contributed by atoms with Gasteiger partial charge in [0.15, 0.2) is 0 Å².